The molecule has 1 nitrogen and oxygen atoms in total. The fraction of sp³-hybridized carbons (Fsp3) is 0.333. The molecule has 0 aliphatic rings. The minimum Gasteiger partial charge on any atom is -0.392 e. The van der Waals surface area contributed by atoms with E-state index in [0.29, 0.717) is 0 Å². The fourth-order valence-electron chi connectivity index (χ4n) is 1.35. The lowest BCUT2D eigenvalue weighted by Gasteiger charge is -2.19. The van der Waals surface area contributed by atoms with Crippen LogP contribution in [0.2, 0.25) is 0 Å². The third-order valence-electron chi connectivity index (χ3n) is 1.98. The van der Waals surface area contributed by atoms with Crippen molar-refractivity contribution in [2.75, 3.05) is 0 Å². The molecule has 1 aromatic carbocycles. The molecule has 0 unspecified atom stereocenters. The summed E-state index contributed by atoms with van der Waals surface area (Å²) in [6, 6.07) is 1.62. The van der Waals surface area contributed by atoms with Crippen molar-refractivity contribution < 1.29 is 31.4 Å². The van der Waals surface area contributed by atoms with E-state index >= 15 is 0 Å². The quantitative estimate of drug-likeness (QED) is 0.775. The maximum Gasteiger partial charge on any atom is 0.418 e. The van der Waals surface area contributed by atoms with Crippen molar-refractivity contribution in [2.24, 2.45) is 0 Å². The predicted molar refractivity (Wildman–Crippen MR) is 50.1 cm³/mol. The second kappa shape index (κ2) is 4.49. The molecule has 1 rings (SSSR count). The Morgan fingerprint density at radius 3 is 1.76 bits per heavy atom. The minimum atomic E-state index is -5.19. The minimum absolute atomic E-state index is 0.713. The zero-order chi connectivity index (χ0) is 13.4. The van der Waals surface area contributed by atoms with Gasteiger partial charge in [0.25, 0.3) is 0 Å². The Balaban J connectivity index is 3.67. The summed E-state index contributed by atoms with van der Waals surface area (Å²) in [5, 5.41) is 8.68. The average Bonchev–Trinajstić information content (AvgIpc) is 2.13. The number of alkyl halides is 6. The van der Waals surface area contributed by atoms with Gasteiger partial charge in [0.15, 0.2) is 0 Å². The Hall–Kier alpha value is -0.760. The highest BCUT2D eigenvalue weighted by molar-refractivity contribution is 9.10. The second-order valence-electron chi connectivity index (χ2n) is 3.11. The third kappa shape index (κ3) is 2.92. The monoisotopic (exact) mass is 322 g/mol. The maximum absolute atomic E-state index is 12.6. The van der Waals surface area contributed by atoms with Crippen LogP contribution in [0, 0.1) is 0 Å². The van der Waals surface area contributed by atoms with Crippen molar-refractivity contribution in [3.63, 3.8) is 0 Å². The number of hydrogen-bond acceptors (Lipinski definition) is 1. The summed E-state index contributed by atoms with van der Waals surface area (Å²) >= 11 is 2.44. The first-order chi connectivity index (χ1) is 7.59. The molecule has 0 spiro atoms. The standard InChI is InChI=1S/C9H5BrF6O/c10-5-2-1-4(3-17)6(8(11,12)13)7(5)9(14,15)16/h1-2,17H,3H2. The highest BCUT2D eigenvalue weighted by Crippen LogP contribution is 2.45. The first-order valence-corrected chi connectivity index (χ1v) is 4.95. The molecule has 0 saturated carbocycles. The van der Waals surface area contributed by atoms with Crippen LogP contribution in [0.5, 0.6) is 0 Å². The van der Waals surface area contributed by atoms with E-state index in [-0.39, 0.29) is 0 Å². The van der Waals surface area contributed by atoms with Crippen molar-refractivity contribution >= 4 is 15.9 Å². The van der Waals surface area contributed by atoms with Crippen LogP contribution in [0.15, 0.2) is 16.6 Å². The summed E-state index contributed by atoms with van der Waals surface area (Å²) in [6.07, 6.45) is -10.3. The van der Waals surface area contributed by atoms with Gasteiger partial charge in [0, 0.05) is 4.47 Å². The van der Waals surface area contributed by atoms with E-state index in [4.69, 9.17) is 5.11 Å². The zero-order valence-electron chi connectivity index (χ0n) is 7.95. The Kier molecular flexibility index (Phi) is 3.78. The van der Waals surface area contributed by atoms with Gasteiger partial charge in [0.2, 0.25) is 0 Å². The van der Waals surface area contributed by atoms with Gasteiger partial charge < -0.3 is 5.11 Å². The number of halogens is 7. The van der Waals surface area contributed by atoms with E-state index < -0.39 is 40.1 Å². The topological polar surface area (TPSA) is 20.2 Å². The van der Waals surface area contributed by atoms with Crippen LogP contribution in [0.3, 0.4) is 0 Å². The molecule has 17 heavy (non-hydrogen) atoms. The zero-order valence-corrected chi connectivity index (χ0v) is 9.54. The van der Waals surface area contributed by atoms with Crippen LogP contribution in [0.25, 0.3) is 0 Å². The molecule has 0 atom stereocenters. The molecule has 0 fully saturated rings. The normalized spacial score (nSPS) is 12.9. The van der Waals surface area contributed by atoms with Crippen molar-refractivity contribution in [1.29, 1.82) is 0 Å². The van der Waals surface area contributed by atoms with Crippen LogP contribution >= 0.6 is 15.9 Å². The first kappa shape index (κ1) is 14.3. The summed E-state index contributed by atoms with van der Waals surface area (Å²) in [5.41, 5.74) is -4.49. The van der Waals surface area contributed by atoms with Crippen LogP contribution in [-0.4, -0.2) is 5.11 Å². The average molecular weight is 323 g/mol. The molecule has 0 aliphatic carbocycles. The molecule has 0 aromatic heterocycles. The van der Waals surface area contributed by atoms with Crippen LogP contribution in [-0.2, 0) is 19.0 Å². The van der Waals surface area contributed by atoms with Crippen LogP contribution in [0.1, 0.15) is 16.7 Å². The summed E-state index contributed by atoms with van der Waals surface area (Å²) in [7, 11) is 0. The molecule has 0 heterocycles. The molecular weight excluding hydrogens is 318 g/mol. The Morgan fingerprint density at radius 2 is 1.41 bits per heavy atom. The van der Waals surface area contributed by atoms with E-state index in [1.165, 1.54) is 0 Å². The Morgan fingerprint density at radius 1 is 0.941 bits per heavy atom. The largest absolute Gasteiger partial charge is 0.418 e. The summed E-state index contributed by atoms with van der Waals surface area (Å²) < 4.78 is 74.6. The van der Waals surface area contributed by atoms with E-state index in [9.17, 15) is 26.3 Å². The van der Waals surface area contributed by atoms with Crippen molar-refractivity contribution in [2.45, 2.75) is 19.0 Å². The third-order valence-corrected chi connectivity index (χ3v) is 2.64. The lowest BCUT2D eigenvalue weighted by atomic mass is 10.0. The van der Waals surface area contributed by atoms with Gasteiger partial charge in [-0.3, -0.25) is 0 Å². The van der Waals surface area contributed by atoms with Gasteiger partial charge in [-0.25, -0.2) is 0 Å². The number of aliphatic hydroxyl groups is 1. The SMILES string of the molecule is OCc1ccc(Br)c(C(F)(F)F)c1C(F)(F)F. The maximum atomic E-state index is 12.6. The lowest BCUT2D eigenvalue weighted by Crippen LogP contribution is -2.19. The summed E-state index contributed by atoms with van der Waals surface area (Å²) in [4.78, 5) is 0. The smallest absolute Gasteiger partial charge is 0.392 e. The molecule has 0 saturated heterocycles. The summed E-state index contributed by atoms with van der Waals surface area (Å²) in [5.74, 6) is 0. The van der Waals surface area contributed by atoms with Crippen molar-refractivity contribution in [3.8, 4) is 0 Å². The van der Waals surface area contributed by atoms with Gasteiger partial charge >= 0.3 is 12.4 Å². The highest BCUT2D eigenvalue weighted by Gasteiger charge is 2.46. The van der Waals surface area contributed by atoms with Crippen molar-refractivity contribution in [1.82, 2.24) is 0 Å². The molecule has 8 heteroatoms. The van der Waals surface area contributed by atoms with Gasteiger partial charge in [-0.15, -0.1) is 0 Å². The van der Waals surface area contributed by atoms with Gasteiger partial charge in [-0.1, -0.05) is 22.0 Å². The molecule has 0 radical (unpaired) electrons. The molecular formula is C9H5BrF6O. The summed E-state index contributed by atoms with van der Waals surface area (Å²) in [6.45, 7) is -1.12. The van der Waals surface area contributed by atoms with E-state index in [0.717, 1.165) is 12.1 Å². The van der Waals surface area contributed by atoms with Gasteiger partial charge in [0.05, 0.1) is 17.7 Å². The van der Waals surface area contributed by atoms with E-state index in [2.05, 4.69) is 15.9 Å². The molecule has 1 N–H and O–H groups in total. The van der Waals surface area contributed by atoms with Gasteiger partial charge in [-0.2, -0.15) is 26.3 Å². The highest BCUT2D eigenvalue weighted by atomic mass is 79.9. The molecule has 0 aliphatic heterocycles. The van der Waals surface area contributed by atoms with Gasteiger partial charge in [-0.05, 0) is 11.6 Å². The first-order valence-electron chi connectivity index (χ1n) is 4.15. The van der Waals surface area contributed by atoms with Crippen LogP contribution < -0.4 is 0 Å². The van der Waals surface area contributed by atoms with Crippen molar-refractivity contribution in [3.05, 3.63) is 33.3 Å². The number of hydrogen-bond donors (Lipinski definition) is 1. The second-order valence-corrected chi connectivity index (χ2v) is 3.96. The number of benzene rings is 1. The lowest BCUT2D eigenvalue weighted by molar-refractivity contribution is -0.163. The number of rotatable bonds is 1. The Bertz CT molecular complexity index is 423. The van der Waals surface area contributed by atoms with E-state index in [1.807, 2.05) is 0 Å². The van der Waals surface area contributed by atoms with E-state index in [1.54, 1.807) is 0 Å². The predicted octanol–water partition coefficient (Wildman–Crippen LogP) is 3.98. The Labute approximate surface area is 100 Å². The molecule has 96 valence electrons. The molecule has 0 amide bonds. The number of aliphatic hydroxyl groups excluding tert-OH is 1. The van der Waals surface area contributed by atoms with Crippen LogP contribution in [0.4, 0.5) is 26.3 Å². The fourth-order valence-corrected chi connectivity index (χ4v) is 1.91. The molecule has 1 aromatic rings. The van der Waals surface area contributed by atoms with Gasteiger partial charge in [0.1, 0.15) is 0 Å². The molecule has 0 bridgehead atoms.